The van der Waals surface area contributed by atoms with Crippen molar-refractivity contribution in [2.75, 3.05) is 19.6 Å². The van der Waals surface area contributed by atoms with E-state index in [4.69, 9.17) is 4.52 Å². The molecule has 3 fully saturated rings. The fourth-order valence-corrected chi connectivity index (χ4v) is 6.13. The number of carbonyl (C=O) groups excluding carboxylic acids is 1. The van der Waals surface area contributed by atoms with E-state index in [9.17, 15) is 4.79 Å². The molecule has 4 atom stereocenters. The van der Waals surface area contributed by atoms with Gasteiger partial charge in [-0.2, -0.15) is 0 Å². The van der Waals surface area contributed by atoms with Crippen molar-refractivity contribution in [3.8, 4) is 0 Å². The van der Waals surface area contributed by atoms with Crippen LogP contribution in [-0.4, -0.2) is 52.6 Å². The number of piperidine rings is 3. The summed E-state index contributed by atoms with van der Waals surface area (Å²) in [5.74, 6) is 1.92. The number of hydrogen-bond donors (Lipinski definition) is 0. The Balaban J connectivity index is 1.32. The minimum absolute atomic E-state index is 0.112. The van der Waals surface area contributed by atoms with E-state index in [1.54, 1.807) is 0 Å². The van der Waals surface area contributed by atoms with Crippen LogP contribution in [0.5, 0.6) is 0 Å². The Kier molecular flexibility index (Phi) is 4.94. The third-order valence-electron chi connectivity index (χ3n) is 7.36. The van der Waals surface area contributed by atoms with Gasteiger partial charge in [0.25, 0.3) is 5.91 Å². The molecule has 2 bridgehead atoms. The van der Waals surface area contributed by atoms with Crippen LogP contribution in [0.15, 0.2) is 34.9 Å². The summed E-state index contributed by atoms with van der Waals surface area (Å²) < 4.78 is 5.25. The average Bonchev–Trinajstić information content (AvgIpc) is 3.07. The summed E-state index contributed by atoms with van der Waals surface area (Å²) in [6.07, 6.45) is 6.29. The van der Waals surface area contributed by atoms with Gasteiger partial charge in [0.1, 0.15) is 11.3 Å². The molecule has 0 N–H and O–H groups in total. The number of amides is 1. The molecule has 5 nitrogen and oxygen atoms in total. The number of hydrogen-bond acceptors (Lipinski definition) is 4. The van der Waals surface area contributed by atoms with Gasteiger partial charge in [-0.1, -0.05) is 41.9 Å². The molecule has 0 unspecified atom stereocenters. The number of benzene rings is 1. The van der Waals surface area contributed by atoms with Crippen molar-refractivity contribution in [1.29, 1.82) is 0 Å². The van der Waals surface area contributed by atoms with Crippen molar-refractivity contribution in [1.82, 2.24) is 15.0 Å². The fourth-order valence-electron chi connectivity index (χ4n) is 6.13. The van der Waals surface area contributed by atoms with Gasteiger partial charge in [-0.15, -0.1) is 0 Å². The van der Waals surface area contributed by atoms with E-state index in [0.29, 0.717) is 40.9 Å². The molecule has 5 rings (SSSR count). The van der Waals surface area contributed by atoms with Crippen LogP contribution in [0.2, 0.25) is 0 Å². The topological polar surface area (TPSA) is 49.6 Å². The van der Waals surface area contributed by atoms with E-state index >= 15 is 0 Å². The van der Waals surface area contributed by atoms with Crippen LogP contribution in [0.25, 0.3) is 0 Å². The Labute approximate surface area is 173 Å². The summed E-state index contributed by atoms with van der Waals surface area (Å²) in [5, 5.41) is 3.99. The van der Waals surface area contributed by atoms with Gasteiger partial charge in [0.05, 0.1) is 5.69 Å². The summed E-state index contributed by atoms with van der Waals surface area (Å²) in [5.41, 5.74) is 2.84. The van der Waals surface area contributed by atoms with Gasteiger partial charge in [-0.25, -0.2) is 0 Å². The Morgan fingerprint density at radius 3 is 2.72 bits per heavy atom. The van der Waals surface area contributed by atoms with Gasteiger partial charge in [0, 0.05) is 31.7 Å². The maximum Gasteiger partial charge on any atom is 0.259 e. The SMILES string of the molecule is Cc1noc(C)c1C(=O)N1C[C@@H]2C[C@H](C1)[C@@H]1CCC[C@H](Cc3ccccc3)N1C2. The van der Waals surface area contributed by atoms with Crippen molar-refractivity contribution in [2.45, 2.75) is 58.0 Å². The van der Waals surface area contributed by atoms with Crippen LogP contribution in [0, 0.1) is 25.7 Å². The summed E-state index contributed by atoms with van der Waals surface area (Å²) >= 11 is 0. The second kappa shape index (κ2) is 7.60. The highest BCUT2D eigenvalue weighted by atomic mass is 16.5. The molecular weight excluding hydrogens is 362 g/mol. The zero-order valence-electron chi connectivity index (χ0n) is 17.5. The molecule has 4 heterocycles. The number of aryl methyl sites for hydroxylation is 2. The van der Waals surface area contributed by atoms with Crippen LogP contribution in [0.3, 0.4) is 0 Å². The second-order valence-electron chi connectivity index (χ2n) is 9.31. The number of rotatable bonds is 3. The number of fused-ring (bicyclic) bond motifs is 4. The standard InChI is InChI=1S/C24H31N3O2/c1-16-23(17(2)29-25-16)24(28)26-13-19-11-20(15-26)22-10-6-9-21(27(22)14-19)12-18-7-4-3-5-8-18/h3-5,7-8,19-22H,6,9-15H2,1-2H3/t19-,20+,21+,22-/m0/s1. The zero-order chi connectivity index (χ0) is 20.0. The Bertz CT molecular complexity index is 858. The molecule has 29 heavy (non-hydrogen) atoms. The first-order chi connectivity index (χ1) is 14.1. The van der Waals surface area contributed by atoms with Crippen molar-refractivity contribution >= 4 is 5.91 Å². The molecule has 2 aromatic rings. The smallest absolute Gasteiger partial charge is 0.259 e. The molecule has 0 aliphatic carbocycles. The van der Waals surface area contributed by atoms with E-state index < -0.39 is 0 Å². The average molecular weight is 394 g/mol. The fraction of sp³-hybridized carbons (Fsp3) is 0.583. The summed E-state index contributed by atoms with van der Waals surface area (Å²) in [6.45, 7) is 6.57. The van der Waals surface area contributed by atoms with E-state index in [2.05, 4.69) is 45.3 Å². The molecular formula is C24H31N3O2. The largest absolute Gasteiger partial charge is 0.361 e. The van der Waals surface area contributed by atoms with Crippen LogP contribution < -0.4 is 0 Å². The predicted octanol–water partition coefficient (Wildman–Crippen LogP) is 3.85. The van der Waals surface area contributed by atoms with E-state index in [1.807, 2.05) is 13.8 Å². The second-order valence-corrected chi connectivity index (χ2v) is 9.31. The van der Waals surface area contributed by atoms with Gasteiger partial charge in [0.2, 0.25) is 0 Å². The molecule has 5 heteroatoms. The van der Waals surface area contributed by atoms with Crippen LogP contribution in [-0.2, 0) is 6.42 Å². The maximum atomic E-state index is 13.2. The third kappa shape index (κ3) is 3.50. The first-order valence-electron chi connectivity index (χ1n) is 11.1. The summed E-state index contributed by atoms with van der Waals surface area (Å²) in [6, 6.07) is 12.2. The van der Waals surface area contributed by atoms with Crippen molar-refractivity contribution < 1.29 is 9.32 Å². The lowest BCUT2D eigenvalue weighted by molar-refractivity contribution is -0.0499. The first-order valence-corrected chi connectivity index (χ1v) is 11.1. The minimum Gasteiger partial charge on any atom is -0.361 e. The lowest BCUT2D eigenvalue weighted by Crippen LogP contribution is -2.62. The minimum atomic E-state index is 0.112. The number of aromatic nitrogens is 1. The zero-order valence-corrected chi connectivity index (χ0v) is 17.5. The van der Waals surface area contributed by atoms with Gasteiger partial charge >= 0.3 is 0 Å². The lowest BCUT2D eigenvalue weighted by atomic mass is 9.74. The van der Waals surface area contributed by atoms with Crippen LogP contribution in [0.1, 0.15) is 53.1 Å². The highest BCUT2D eigenvalue weighted by Crippen LogP contribution is 2.40. The first kappa shape index (κ1) is 18.9. The molecule has 1 aromatic carbocycles. The van der Waals surface area contributed by atoms with Gasteiger partial charge in [-0.3, -0.25) is 9.69 Å². The molecule has 154 valence electrons. The van der Waals surface area contributed by atoms with Gasteiger partial charge in [0.15, 0.2) is 0 Å². The maximum absolute atomic E-state index is 13.2. The normalized spacial score (nSPS) is 29.5. The Hall–Kier alpha value is -2.14. The molecule has 0 spiro atoms. The Morgan fingerprint density at radius 2 is 1.97 bits per heavy atom. The monoisotopic (exact) mass is 393 g/mol. The highest BCUT2D eigenvalue weighted by Gasteiger charge is 2.45. The molecule has 1 amide bonds. The molecule has 0 radical (unpaired) electrons. The number of carbonyl (C=O) groups is 1. The molecule has 1 aromatic heterocycles. The summed E-state index contributed by atoms with van der Waals surface area (Å²) in [4.78, 5) is 18.1. The van der Waals surface area contributed by atoms with Crippen LogP contribution >= 0.6 is 0 Å². The molecule has 3 aliphatic heterocycles. The van der Waals surface area contributed by atoms with E-state index in [-0.39, 0.29) is 5.91 Å². The molecule has 3 saturated heterocycles. The number of nitrogens with zero attached hydrogens (tertiary/aromatic N) is 3. The van der Waals surface area contributed by atoms with Crippen molar-refractivity contribution in [2.24, 2.45) is 11.8 Å². The van der Waals surface area contributed by atoms with Gasteiger partial charge < -0.3 is 9.42 Å². The Morgan fingerprint density at radius 1 is 1.14 bits per heavy atom. The third-order valence-corrected chi connectivity index (χ3v) is 7.36. The molecule has 3 aliphatic rings. The van der Waals surface area contributed by atoms with Gasteiger partial charge in [-0.05, 0) is 56.9 Å². The summed E-state index contributed by atoms with van der Waals surface area (Å²) in [7, 11) is 0. The lowest BCUT2D eigenvalue weighted by Gasteiger charge is -2.55. The van der Waals surface area contributed by atoms with Crippen molar-refractivity contribution in [3.05, 3.63) is 52.9 Å². The predicted molar refractivity (Wildman–Crippen MR) is 112 cm³/mol. The van der Waals surface area contributed by atoms with Crippen molar-refractivity contribution in [3.63, 3.8) is 0 Å². The molecule has 0 saturated carbocycles. The van der Waals surface area contributed by atoms with Crippen LogP contribution in [0.4, 0.5) is 0 Å². The van der Waals surface area contributed by atoms with E-state index in [1.165, 1.54) is 31.2 Å². The van der Waals surface area contributed by atoms with E-state index in [0.717, 1.165) is 26.1 Å². The highest BCUT2D eigenvalue weighted by molar-refractivity contribution is 5.96. The quantitative estimate of drug-likeness (QED) is 0.795. The number of likely N-dealkylation sites (tertiary alicyclic amines) is 1.